The highest BCUT2D eigenvalue weighted by atomic mass is 16.3. The molecule has 0 saturated heterocycles. The second-order valence-corrected chi connectivity index (χ2v) is 21.4. The molecule has 1 aromatic heterocycles. The van der Waals surface area contributed by atoms with Gasteiger partial charge in [-0.1, -0.05) is 167 Å². The first-order chi connectivity index (χ1) is 29.3. The molecule has 0 unspecified atom stereocenters. The topological polar surface area (TPSA) is 19.6 Å². The Morgan fingerprint density at radius 1 is 0.742 bits per heavy atom. The summed E-state index contributed by atoms with van der Waals surface area (Å²) in [6, 6.07) is 41.1. The first-order valence-electron chi connectivity index (χ1n) is 22.6. The molecule has 0 fully saturated rings. The fourth-order valence-corrected chi connectivity index (χ4v) is 10.5. The zero-order chi connectivity index (χ0) is 44.1. The fourth-order valence-electron chi connectivity index (χ4n) is 10.5. The van der Waals surface area contributed by atoms with Gasteiger partial charge in [-0.3, -0.25) is 0 Å². The lowest BCUT2D eigenvalue weighted by Gasteiger charge is -2.45. The summed E-state index contributed by atoms with van der Waals surface area (Å²) in [7, 11) is 0. The van der Waals surface area contributed by atoms with Crippen molar-refractivity contribution in [3.63, 3.8) is 0 Å². The van der Waals surface area contributed by atoms with E-state index in [2.05, 4.69) is 221 Å². The molecule has 3 nitrogen and oxygen atoms in total. The van der Waals surface area contributed by atoms with Gasteiger partial charge in [0.2, 0.25) is 0 Å². The van der Waals surface area contributed by atoms with Gasteiger partial charge in [-0.25, -0.2) is 0 Å². The average molecular weight is 815 g/mol. The largest absolute Gasteiger partial charge is 0.472 e. The summed E-state index contributed by atoms with van der Waals surface area (Å²) < 4.78 is 7.60. The normalized spacial score (nSPS) is 16.7. The van der Waals surface area contributed by atoms with E-state index in [4.69, 9.17) is 4.42 Å². The molecule has 62 heavy (non-hydrogen) atoms. The summed E-state index contributed by atoms with van der Waals surface area (Å²) in [6.07, 6.45) is 8.39. The molecule has 0 spiro atoms. The lowest BCUT2D eigenvalue weighted by Crippen LogP contribution is -2.61. The van der Waals surface area contributed by atoms with Gasteiger partial charge in [-0.2, -0.15) is 0 Å². The number of benzene rings is 5. The van der Waals surface area contributed by atoms with E-state index >= 15 is 0 Å². The van der Waals surface area contributed by atoms with E-state index in [-0.39, 0.29) is 28.4 Å². The van der Waals surface area contributed by atoms with Crippen LogP contribution in [0.5, 0.6) is 0 Å². The van der Waals surface area contributed by atoms with Gasteiger partial charge in [0.1, 0.15) is 5.76 Å². The van der Waals surface area contributed by atoms with Crippen LogP contribution < -0.4 is 26.4 Å². The minimum atomic E-state index is -0.127. The van der Waals surface area contributed by atoms with Crippen LogP contribution in [-0.2, 0) is 21.7 Å². The quantitative estimate of drug-likeness (QED) is 0.123. The number of rotatable bonds is 6. The van der Waals surface area contributed by atoms with Gasteiger partial charge >= 0.3 is 0 Å². The van der Waals surface area contributed by atoms with Gasteiger partial charge in [-0.15, -0.1) is 0 Å². The highest BCUT2D eigenvalue weighted by molar-refractivity contribution is 6.99. The van der Waals surface area contributed by atoms with Gasteiger partial charge in [0, 0.05) is 39.4 Å². The molecule has 0 atom stereocenters. The monoisotopic (exact) mass is 815 g/mol. The molecule has 0 bridgehead atoms. The predicted molar refractivity (Wildman–Crippen MR) is 268 cm³/mol. The number of furan rings is 1. The van der Waals surface area contributed by atoms with Crippen LogP contribution in [0.1, 0.15) is 123 Å². The third kappa shape index (κ3) is 6.73. The summed E-state index contributed by atoms with van der Waals surface area (Å²) in [5, 5.41) is 0. The number of anilines is 5. The van der Waals surface area contributed by atoms with Crippen molar-refractivity contribution >= 4 is 57.3 Å². The van der Waals surface area contributed by atoms with Crippen molar-refractivity contribution in [3.05, 3.63) is 173 Å². The number of nitrogens with zero attached hydrogens (tertiary/aromatic N) is 2. The van der Waals surface area contributed by atoms with Crippen molar-refractivity contribution in [3.8, 4) is 11.1 Å². The molecule has 0 saturated carbocycles. The lowest BCUT2D eigenvalue weighted by atomic mass is 9.35. The van der Waals surface area contributed by atoms with Gasteiger partial charge in [0.05, 0.1) is 11.3 Å². The molecular weight excluding hydrogens is 751 g/mol. The molecule has 0 radical (unpaired) electrons. The number of allylic oxidation sites excluding steroid dienone is 4. The van der Waals surface area contributed by atoms with E-state index in [1.807, 2.05) is 6.08 Å². The maximum Gasteiger partial charge on any atom is 0.297 e. The first kappa shape index (κ1) is 41.6. The van der Waals surface area contributed by atoms with Gasteiger partial charge in [0.15, 0.2) is 0 Å². The van der Waals surface area contributed by atoms with Crippen LogP contribution in [0.15, 0.2) is 144 Å². The van der Waals surface area contributed by atoms with Crippen molar-refractivity contribution < 1.29 is 4.42 Å². The third-order valence-corrected chi connectivity index (χ3v) is 14.0. The number of hydrogen-bond acceptors (Lipinski definition) is 3. The molecule has 5 aromatic carbocycles. The number of fused-ring (bicyclic) bond motifs is 6. The molecular formula is C58H63BN2O. The molecule has 4 heteroatoms. The molecule has 1 aliphatic carbocycles. The summed E-state index contributed by atoms with van der Waals surface area (Å²) in [6.45, 7) is 32.0. The second-order valence-electron chi connectivity index (χ2n) is 21.4. The van der Waals surface area contributed by atoms with Gasteiger partial charge in [-0.05, 0) is 129 Å². The van der Waals surface area contributed by atoms with E-state index in [9.17, 15) is 0 Å². The Morgan fingerprint density at radius 2 is 1.40 bits per heavy atom. The maximum atomic E-state index is 7.60. The zero-order valence-corrected chi connectivity index (χ0v) is 39.1. The summed E-state index contributed by atoms with van der Waals surface area (Å²) >= 11 is 0. The van der Waals surface area contributed by atoms with Crippen molar-refractivity contribution in [2.24, 2.45) is 0 Å². The highest BCUT2D eigenvalue weighted by Gasteiger charge is 2.52. The van der Waals surface area contributed by atoms with Crippen molar-refractivity contribution in [1.82, 2.24) is 0 Å². The Labute approximate surface area is 372 Å². The smallest absolute Gasteiger partial charge is 0.297 e. The SMILES string of the molecule is C=C/C=C\C(=C(/C)c1ccccc1)N1c2cc(-c3ccccc3C(C)(C)C)ccc2B2c3oc4c(c3N(c3ccc(C(C)(C)C)cc3)c3cc(C)cc1c32)C(C)(C)CCC4(C)C. The van der Waals surface area contributed by atoms with E-state index in [0.717, 1.165) is 35.6 Å². The van der Waals surface area contributed by atoms with Crippen LogP contribution in [-0.4, -0.2) is 6.71 Å². The lowest BCUT2D eigenvalue weighted by molar-refractivity contribution is 0.282. The van der Waals surface area contributed by atoms with E-state index in [1.54, 1.807) is 0 Å². The van der Waals surface area contributed by atoms with Crippen molar-refractivity contribution in [2.75, 3.05) is 9.80 Å². The highest BCUT2D eigenvalue weighted by Crippen LogP contribution is 2.55. The molecule has 6 aromatic rings. The van der Waals surface area contributed by atoms with Crippen LogP contribution in [0.2, 0.25) is 0 Å². The summed E-state index contributed by atoms with van der Waals surface area (Å²) in [5.74, 6) is 1.13. The Balaban J connectivity index is 1.42. The minimum Gasteiger partial charge on any atom is -0.472 e. The molecule has 0 N–H and O–H groups in total. The van der Waals surface area contributed by atoms with Gasteiger partial charge < -0.3 is 14.2 Å². The van der Waals surface area contributed by atoms with Crippen LogP contribution in [0.4, 0.5) is 28.4 Å². The van der Waals surface area contributed by atoms with E-state index < -0.39 is 0 Å². The van der Waals surface area contributed by atoms with E-state index in [1.165, 1.54) is 78.2 Å². The molecule has 2 aliphatic heterocycles. The fraction of sp³-hybridized carbons (Fsp3) is 0.310. The van der Waals surface area contributed by atoms with Crippen molar-refractivity contribution in [1.29, 1.82) is 0 Å². The minimum absolute atomic E-state index is 0.0356. The van der Waals surface area contributed by atoms with Crippen LogP contribution in [0, 0.1) is 6.92 Å². The Hall–Kier alpha value is -5.74. The number of hydrogen-bond donors (Lipinski definition) is 0. The first-order valence-corrected chi connectivity index (χ1v) is 22.6. The molecule has 3 heterocycles. The Kier molecular flexibility index (Phi) is 9.86. The predicted octanol–water partition coefficient (Wildman–Crippen LogP) is 14.1. The molecule has 314 valence electrons. The van der Waals surface area contributed by atoms with Crippen LogP contribution in [0.25, 0.3) is 16.7 Å². The summed E-state index contributed by atoms with van der Waals surface area (Å²) in [5.41, 5.74) is 20.5. The summed E-state index contributed by atoms with van der Waals surface area (Å²) in [4.78, 5) is 5.12. The molecule has 0 amide bonds. The standard InChI is InChI=1S/C58H63BN2O/c1-14-15-25-46(38(3)39-21-17-16-18-22-39)61-47-36-40(43-23-19-20-24-44(43)56(7,8)9)26-31-45(47)59-51-48(34-37(2)35-49(51)61)60(42-29-27-41(28-30-42)55(4,5)6)52-50-53(62-54(52)59)58(12,13)33-32-57(50,10)11/h14-31,34-36H,1,32-33H2,2-13H3/b25-15-,46-38-. The zero-order valence-electron chi connectivity index (χ0n) is 39.1. The number of aryl methyl sites for hydroxylation is 1. The Morgan fingerprint density at radius 3 is 2.08 bits per heavy atom. The average Bonchev–Trinajstić information content (AvgIpc) is 3.66. The van der Waals surface area contributed by atoms with E-state index in [0.29, 0.717) is 0 Å². The maximum absolute atomic E-state index is 7.60. The van der Waals surface area contributed by atoms with Crippen molar-refractivity contribution in [2.45, 2.75) is 118 Å². The van der Waals surface area contributed by atoms with Gasteiger partial charge in [0.25, 0.3) is 6.71 Å². The third-order valence-electron chi connectivity index (χ3n) is 14.0. The second kappa shape index (κ2) is 14.7. The van der Waals surface area contributed by atoms with Crippen LogP contribution >= 0.6 is 0 Å². The Bertz CT molecular complexity index is 2800. The van der Waals surface area contributed by atoms with Crippen LogP contribution in [0.3, 0.4) is 0 Å². The molecule has 3 aliphatic rings. The molecule has 9 rings (SSSR count).